The molecule has 3 heteroatoms. The summed E-state index contributed by atoms with van der Waals surface area (Å²) in [6.45, 7) is 6.13. The Morgan fingerprint density at radius 1 is 1.21 bits per heavy atom. The van der Waals surface area contributed by atoms with E-state index in [1.54, 1.807) is 12.1 Å². The minimum Gasteiger partial charge on any atom is -0.372 e. The van der Waals surface area contributed by atoms with Gasteiger partial charge in [-0.05, 0) is 49.7 Å². The van der Waals surface area contributed by atoms with Crippen molar-refractivity contribution < 1.29 is 4.79 Å². The molecule has 0 fully saturated rings. The van der Waals surface area contributed by atoms with Crippen LogP contribution >= 0.6 is 11.6 Å². The summed E-state index contributed by atoms with van der Waals surface area (Å²) in [4.78, 5) is 13.0. The number of hydrogen-bond donors (Lipinski definition) is 0. The predicted octanol–water partition coefficient (Wildman–Crippen LogP) is 2.91. The van der Waals surface area contributed by atoms with Crippen molar-refractivity contribution >= 4 is 22.5 Å². The van der Waals surface area contributed by atoms with Crippen LogP contribution in [0.2, 0.25) is 0 Å². The molecule has 0 saturated heterocycles. The molecule has 1 aromatic rings. The van der Waals surface area contributed by atoms with Crippen LogP contribution in [0.4, 0.5) is 5.69 Å². The summed E-state index contributed by atoms with van der Waals surface area (Å²) in [7, 11) is 0. The van der Waals surface area contributed by atoms with Gasteiger partial charge >= 0.3 is 0 Å². The summed E-state index contributed by atoms with van der Waals surface area (Å²) in [5.41, 5.74) is 1.67. The van der Waals surface area contributed by atoms with Crippen molar-refractivity contribution in [1.82, 2.24) is 0 Å². The van der Waals surface area contributed by atoms with E-state index in [1.165, 1.54) is 0 Å². The number of carbonyl (C=O) groups excluding carboxylic acids is 1. The van der Waals surface area contributed by atoms with E-state index in [9.17, 15) is 4.79 Å². The zero-order valence-electron chi connectivity index (χ0n) is 8.46. The quantitative estimate of drug-likeness (QED) is 0.714. The number of halogens is 1. The molecule has 14 heavy (non-hydrogen) atoms. The molecule has 0 bridgehead atoms. The lowest BCUT2D eigenvalue weighted by Crippen LogP contribution is -2.21. The predicted molar refractivity (Wildman–Crippen MR) is 60.2 cm³/mol. The van der Waals surface area contributed by atoms with Crippen molar-refractivity contribution in [1.29, 1.82) is 0 Å². The van der Waals surface area contributed by atoms with E-state index in [-0.39, 0.29) is 0 Å². The molecule has 0 amide bonds. The van der Waals surface area contributed by atoms with Gasteiger partial charge in [-0.1, -0.05) is 0 Å². The Balaban J connectivity index is 2.87. The molecule has 0 atom stereocenters. The molecule has 0 aliphatic rings. The third-order valence-corrected chi connectivity index (χ3v) is 2.44. The van der Waals surface area contributed by atoms with Crippen LogP contribution in [0.3, 0.4) is 0 Å². The first-order valence-electron chi connectivity index (χ1n) is 4.73. The highest BCUT2D eigenvalue weighted by Gasteiger charge is 2.03. The summed E-state index contributed by atoms with van der Waals surface area (Å²) in [6.07, 6.45) is 0. The number of benzene rings is 1. The van der Waals surface area contributed by atoms with E-state index in [4.69, 9.17) is 11.6 Å². The van der Waals surface area contributed by atoms with Crippen molar-refractivity contribution in [2.45, 2.75) is 13.8 Å². The second-order valence-electron chi connectivity index (χ2n) is 2.99. The lowest BCUT2D eigenvalue weighted by molar-refractivity contribution is 0.108. The van der Waals surface area contributed by atoms with Gasteiger partial charge in [0.1, 0.15) is 0 Å². The molecule has 0 spiro atoms. The molecule has 0 radical (unpaired) electrons. The molecule has 0 heterocycles. The van der Waals surface area contributed by atoms with Crippen molar-refractivity contribution in [2.75, 3.05) is 18.0 Å². The largest absolute Gasteiger partial charge is 0.372 e. The van der Waals surface area contributed by atoms with Crippen molar-refractivity contribution in [3.63, 3.8) is 0 Å². The maximum Gasteiger partial charge on any atom is 0.252 e. The molecule has 1 rings (SSSR count). The SMILES string of the molecule is CCN(CC)c1ccc(C(=O)Cl)cc1. The summed E-state index contributed by atoms with van der Waals surface area (Å²) in [5, 5.41) is -0.406. The molecule has 0 N–H and O–H groups in total. The van der Waals surface area contributed by atoms with Gasteiger partial charge in [-0.2, -0.15) is 0 Å². The van der Waals surface area contributed by atoms with Crippen LogP contribution in [0.25, 0.3) is 0 Å². The molecular formula is C11H14ClNO. The molecule has 1 aromatic carbocycles. The number of nitrogens with zero attached hydrogens (tertiary/aromatic N) is 1. The van der Waals surface area contributed by atoms with Gasteiger partial charge in [-0.25, -0.2) is 0 Å². The molecule has 0 saturated carbocycles. The number of carbonyl (C=O) groups is 1. The average molecular weight is 212 g/mol. The molecule has 0 unspecified atom stereocenters. The zero-order valence-corrected chi connectivity index (χ0v) is 9.21. The van der Waals surface area contributed by atoms with Crippen LogP contribution in [0.1, 0.15) is 24.2 Å². The molecular weight excluding hydrogens is 198 g/mol. The number of anilines is 1. The third-order valence-electron chi connectivity index (χ3n) is 2.22. The summed E-state index contributed by atoms with van der Waals surface area (Å²) < 4.78 is 0. The highest BCUT2D eigenvalue weighted by Crippen LogP contribution is 2.15. The standard InChI is InChI=1S/C11H14ClNO/c1-3-13(4-2)10-7-5-9(6-8-10)11(12)14/h5-8H,3-4H2,1-2H3. The Bertz CT molecular complexity index is 304. The van der Waals surface area contributed by atoms with Crippen molar-refractivity contribution in [3.05, 3.63) is 29.8 Å². The Hall–Kier alpha value is -1.02. The van der Waals surface area contributed by atoms with E-state index in [2.05, 4.69) is 18.7 Å². The second kappa shape index (κ2) is 5.01. The monoisotopic (exact) mass is 211 g/mol. The molecule has 0 aliphatic carbocycles. The van der Waals surface area contributed by atoms with Crippen LogP contribution in [0.5, 0.6) is 0 Å². The van der Waals surface area contributed by atoms with E-state index in [0.29, 0.717) is 5.56 Å². The summed E-state index contributed by atoms with van der Waals surface area (Å²) in [6, 6.07) is 7.34. The zero-order chi connectivity index (χ0) is 10.6. The van der Waals surface area contributed by atoms with Crippen molar-refractivity contribution in [2.24, 2.45) is 0 Å². The van der Waals surface area contributed by atoms with Gasteiger partial charge in [0.25, 0.3) is 5.24 Å². The third kappa shape index (κ3) is 2.48. The highest BCUT2D eigenvalue weighted by atomic mass is 35.5. The molecule has 0 aromatic heterocycles. The van der Waals surface area contributed by atoms with E-state index < -0.39 is 5.24 Å². The highest BCUT2D eigenvalue weighted by molar-refractivity contribution is 6.67. The fourth-order valence-electron chi connectivity index (χ4n) is 1.39. The van der Waals surface area contributed by atoms with Gasteiger partial charge in [-0.3, -0.25) is 4.79 Å². The topological polar surface area (TPSA) is 20.3 Å². The summed E-state index contributed by atoms with van der Waals surface area (Å²) in [5.74, 6) is 0. The first-order chi connectivity index (χ1) is 6.69. The van der Waals surface area contributed by atoms with Gasteiger partial charge < -0.3 is 4.90 Å². The van der Waals surface area contributed by atoms with Crippen LogP contribution in [-0.2, 0) is 0 Å². The second-order valence-corrected chi connectivity index (χ2v) is 3.34. The normalized spacial score (nSPS) is 9.93. The van der Waals surface area contributed by atoms with Crippen LogP contribution in [0.15, 0.2) is 24.3 Å². The van der Waals surface area contributed by atoms with Crippen LogP contribution in [-0.4, -0.2) is 18.3 Å². The van der Waals surface area contributed by atoms with Gasteiger partial charge in [0, 0.05) is 24.3 Å². The summed E-state index contributed by atoms with van der Waals surface area (Å²) >= 11 is 5.35. The minimum atomic E-state index is -0.406. The first kappa shape index (κ1) is 11.1. The van der Waals surface area contributed by atoms with Crippen molar-refractivity contribution in [3.8, 4) is 0 Å². The van der Waals surface area contributed by atoms with Gasteiger partial charge in [-0.15, -0.1) is 0 Å². The Morgan fingerprint density at radius 2 is 1.71 bits per heavy atom. The lowest BCUT2D eigenvalue weighted by atomic mass is 10.2. The average Bonchev–Trinajstić information content (AvgIpc) is 2.20. The maximum absolute atomic E-state index is 10.8. The van der Waals surface area contributed by atoms with E-state index >= 15 is 0 Å². The lowest BCUT2D eigenvalue weighted by Gasteiger charge is -2.20. The van der Waals surface area contributed by atoms with Crippen LogP contribution in [0, 0.1) is 0 Å². The van der Waals surface area contributed by atoms with Gasteiger partial charge in [0.2, 0.25) is 0 Å². The minimum absolute atomic E-state index is 0.406. The van der Waals surface area contributed by atoms with Gasteiger partial charge in [0.05, 0.1) is 0 Å². The number of hydrogen-bond acceptors (Lipinski definition) is 2. The Morgan fingerprint density at radius 3 is 2.07 bits per heavy atom. The van der Waals surface area contributed by atoms with E-state index in [1.807, 2.05) is 12.1 Å². The molecule has 2 nitrogen and oxygen atoms in total. The molecule has 0 aliphatic heterocycles. The Labute approximate surface area is 89.5 Å². The fraction of sp³-hybridized carbons (Fsp3) is 0.364. The van der Waals surface area contributed by atoms with Gasteiger partial charge in [0.15, 0.2) is 0 Å². The smallest absolute Gasteiger partial charge is 0.252 e. The van der Waals surface area contributed by atoms with Crippen LogP contribution < -0.4 is 4.90 Å². The maximum atomic E-state index is 10.8. The fourth-order valence-corrected chi connectivity index (χ4v) is 1.52. The first-order valence-corrected chi connectivity index (χ1v) is 5.11. The number of rotatable bonds is 4. The van der Waals surface area contributed by atoms with E-state index in [0.717, 1.165) is 18.8 Å². The Kier molecular flexibility index (Phi) is 3.96. The molecule has 76 valence electrons.